The molecule has 5 rings (SSSR count). The number of fused-ring (bicyclic) bond motifs is 1. The largest absolute Gasteiger partial charge is 0.466 e. The predicted molar refractivity (Wildman–Crippen MR) is 200 cm³/mol. The standard InChI is InChI=1S/C37H49N6O13P/c1-5-7-17-52-37(49)42-15-13-41(14-16-42)35(47)30(21-57(50,55-22-53-24(3)44)56-23-54-25(4)45)39-34(46)29-18-31(40-33(38-29)26-11-9-8-10-12-26)43-19-27-28(20-43)32(27)36(48)51-6-2/h8-12,18,27-28,30,32H,5-7,13-17,19-23H2,1-4H3,(H,39,46)/t27-,28+,30-,32?/m0/s1. The molecule has 3 heterocycles. The third-order valence-corrected chi connectivity index (χ3v) is 11.5. The molecule has 3 fully saturated rings. The second-order valence-electron chi connectivity index (χ2n) is 13.7. The van der Waals surface area contributed by atoms with Gasteiger partial charge in [0.2, 0.25) is 19.5 Å². The highest BCUT2D eigenvalue weighted by Crippen LogP contribution is 2.53. The van der Waals surface area contributed by atoms with Crippen molar-refractivity contribution < 1.29 is 61.3 Å². The number of hydrogen-bond donors (Lipinski definition) is 1. The first-order valence-corrected chi connectivity index (χ1v) is 20.6. The van der Waals surface area contributed by atoms with Gasteiger partial charge in [-0.1, -0.05) is 43.7 Å². The second-order valence-corrected chi connectivity index (χ2v) is 15.8. The maximum Gasteiger partial charge on any atom is 0.409 e. The van der Waals surface area contributed by atoms with E-state index in [1.54, 1.807) is 31.2 Å². The van der Waals surface area contributed by atoms with Gasteiger partial charge in [0.1, 0.15) is 17.6 Å². The number of carbonyl (C=O) groups excluding carboxylic acids is 6. The number of unbranched alkanes of at least 4 members (excludes halogenated alkanes) is 1. The number of piperazine rings is 1. The summed E-state index contributed by atoms with van der Waals surface area (Å²) in [6.07, 6.45) is 0.277. The Bertz CT molecular complexity index is 1790. The SMILES string of the molecule is CCCCOC(=O)N1CCN(C(=O)[C@H](CP(=O)(OCOC(C)=O)OCOC(C)=O)NC(=O)c2cc(N3C[C@@H]4C(C(=O)OCC)[C@@H]4C3)nc(-c3ccccc3)n2)CC1. The van der Waals surface area contributed by atoms with Crippen LogP contribution in [0.2, 0.25) is 0 Å². The first-order valence-electron chi connectivity index (χ1n) is 18.8. The van der Waals surface area contributed by atoms with Gasteiger partial charge in [0.25, 0.3) is 5.91 Å². The lowest BCUT2D eigenvalue weighted by Crippen LogP contribution is -2.57. The van der Waals surface area contributed by atoms with Crippen molar-refractivity contribution in [3.8, 4) is 11.4 Å². The van der Waals surface area contributed by atoms with Gasteiger partial charge in [0, 0.05) is 64.7 Å². The molecule has 2 aliphatic heterocycles. The number of amides is 3. The van der Waals surface area contributed by atoms with E-state index in [0.29, 0.717) is 37.5 Å². The van der Waals surface area contributed by atoms with Gasteiger partial charge in [-0.25, -0.2) is 14.8 Å². The molecule has 20 heteroatoms. The van der Waals surface area contributed by atoms with Crippen LogP contribution in [0.25, 0.3) is 11.4 Å². The molecule has 310 valence electrons. The fourth-order valence-electron chi connectivity index (χ4n) is 6.62. The van der Waals surface area contributed by atoms with Gasteiger partial charge in [-0.3, -0.25) is 37.6 Å². The maximum absolute atomic E-state index is 14.2. The normalized spacial score (nSPS) is 19.2. The average Bonchev–Trinajstić information content (AvgIpc) is 3.70. The van der Waals surface area contributed by atoms with Gasteiger partial charge in [0.05, 0.1) is 25.3 Å². The Hall–Kier alpha value is -5.13. The summed E-state index contributed by atoms with van der Waals surface area (Å²) in [5.41, 5.74) is 0.499. The topological polar surface area (TPSA) is 222 Å². The Morgan fingerprint density at radius 2 is 1.46 bits per heavy atom. The highest BCUT2D eigenvalue weighted by atomic mass is 31.2. The smallest absolute Gasteiger partial charge is 0.409 e. The Labute approximate surface area is 330 Å². The number of benzene rings is 1. The minimum absolute atomic E-state index is 0.0564. The molecule has 1 aromatic heterocycles. The Kier molecular flexibility index (Phi) is 15.0. The minimum atomic E-state index is -4.47. The molecule has 0 radical (unpaired) electrons. The molecule has 1 saturated carbocycles. The lowest BCUT2D eigenvalue weighted by atomic mass is 10.2. The van der Waals surface area contributed by atoms with Gasteiger partial charge in [0.15, 0.2) is 5.82 Å². The van der Waals surface area contributed by atoms with Crippen molar-refractivity contribution in [3.63, 3.8) is 0 Å². The number of piperidine rings is 1. The van der Waals surface area contributed by atoms with Crippen molar-refractivity contribution >= 4 is 49.2 Å². The van der Waals surface area contributed by atoms with E-state index in [-0.39, 0.29) is 68.0 Å². The first kappa shape index (κ1) is 43.0. The van der Waals surface area contributed by atoms with Crippen LogP contribution in [0.5, 0.6) is 0 Å². The summed E-state index contributed by atoms with van der Waals surface area (Å²) in [5, 5.41) is 2.65. The van der Waals surface area contributed by atoms with E-state index in [0.717, 1.165) is 20.3 Å². The van der Waals surface area contributed by atoms with E-state index >= 15 is 0 Å². The van der Waals surface area contributed by atoms with E-state index in [1.807, 2.05) is 17.9 Å². The van der Waals surface area contributed by atoms with E-state index in [9.17, 15) is 33.3 Å². The summed E-state index contributed by atoms with van der Waals surface area (Å²) < 4.78 is 44.9. The molecule has 3 aliphatic rings. The number of nitrogens with zero attached hydrogens (tertiary/aromatic N) is 5. The zero-order valence-corrected chi connectivity index (χ0v) is 33.4. The van der Waals surface area contributed by atoms with Crippen molar-refractivity contribution in [1.82, 2.24) is 25.1 Å². The van der Waals surface area contributed by atoms with Crippen molar-refractivity contribution in [2.45, 2.75) is 46.6 Å². The van der Waals surface area contributed by atoms with Crippen LogP contribution in [-0.2, 0) is 51.7 Å². The van der Waals surface area contributed by atoms with Crippen molar-refractivity contribution in [2.75, 3.05) is 77.1 Å². The van der Waals surface area contributed by atoms with Gasteiger partial charge in [-0.15, -0.1) is 0 Å². The monoisotopic (exact) mass is 816 g/mol. The lowest BCUT2D eigenvalue weighted by molar-refractivity contribution is -0.150. The predicted octanol–water partition coefficient (Wildman–Crippen LogP) is 2.84. The third kappa shape index (κ3) is 11.7. The number of rotatable bonds is 18. The van der Waals surface area contributed by atoms with Gasteiger partial charge in [-0.2, -0.15) is 0 Å². The highest BCUT2D eigenvalue weighted by Gasteiger charge is 2.60. The molecule has 1 aromatic carbocycles. The third-order valence-electron chi connectivity index (χ3n) is 9.66. The fraction of sp³-hybridized carbons (Fsp3) is 0.568. The van der Waals surface area contributed by atoms with Crippen LogP contribution in [0.15, 0.2) is 36.4 Å². The summed E-state index contributed by atoms with van der Waals surface area (Å²) in [5.74, 6) is -2.64. The molecule has 19 nitrogen and oxygen atoms in total. The molecule has 1 aliphatic carbocycles. The molecule has 2 saturated heterocycles. The van der Waals surface area contributed by atoms with Gasteiger partial charge < -0.3 is 39.0 Å². The summed E-state index contributed by atoms with van der Waals surface area (Å²) in [6, 6.07) is 8.87. The summed E-state index contributed by atoms with van der Waals surface area (Å²) >= 11 is 0. The van der Waals surface area contributed by atoms with Crippen LogP contribution in [0.1, 0.15) is 51.0 Å². The van der Waals surface area contributed by atoms with Crippen molar-refractivity contribution in [3.05, 3.63) is 42.1 Å². The maximum atomic E-state index is 14.2. The molecule has 1 unspecified atom stereocenters. The number of aromatic nitrogens is 2. The minimum Gasteiger partial charge on any atom is -0.466 e. The van der Waals surface area contributed by atoms with Crippen LogP contribution in [0, 0.1) is 17.8 Å². The quantitative estimate of drug-likeness (QED) is 0.0751. The van der Waals surface area contributed by atoms with Gasteiger partial charge >= 0.3 is 31.6 Å². The molecule has 4 atom stereocenters. The number of hydrogen-bond acceptors (Lipinski definition) is 16. The molecule has 3 amide bonds. The second kappa shape index (κ2) is 19.8. The van der Waals surface area contributed by atoms with Crippen LogP contribution in [-0.4, -0.2) is 134 Å². The van der Waals surface area contributed by atoms with Crippen LogP contribution in [0.3, 0.4) is 0 Å². The van der Waals surface area contributed by atoms with E-state index in [4.69, 9.17) is 33.0 Å². The van der Waals surface area contributed by atoms with E-state index in [2.05, 4.69) is 10.3 Å². The Morgan fingerprint density at radius 1 is 0.842 bits per heavy atom. The number of ether oxygens (including phenoxy) is 4. The Morgan fingerprint density at radius 3 is 2.04 bits per heavy atom. The van der Waals surface area contributed by atoms with Crippen molar-refractivity contribution in [2.24, 2.45) is 17.8 Å². The molecule has 2 aromatic rings. The molecule has 57 heavy (non-hydrogen) atoms. The zero-order valence-electron chi connectivity index (χ0n) is 32.5. The molecule has 0 bridgehead atoms. The first-order chi connectivity index (χ1) is 27.3. The van der Waals surface area contributed by atoms with Crippen LogP contribution in [0.4, 0.5) is 10.6 Å². The van der Waals surface area contributed by atoms with Gasteiger partial charge in [-0.05, 0) is 25.2 Å². The van der Waals surface area contributed by atoms with E-state index in [1.165, 1.54) is 15.9 Å². The number of nitrogens with one attached hydrogen (secondary N) is 1. The number of esters is 3. The number of anilines is 1. The van der Waals surface area contributed by atoms with Crippen LogP contribution >= 0.6 is 7.60 Å². The van der Waals surface area contributed by atoms with E-state index < -0.39 is 63.2 Å². The average molecular weight is 817 g/mol. The van der Waals surface area contributed by atoms with Crippen LogP contribution < -0.4 is 10.2 Å². The summed E-state index contributed by atoms with van der Waals surface area (Å²) in [4.78, 5) is 90.5. The fourth-order valence-corrected chi connectivity index (χ4v) is 8.03. The molecular weight excluding hydrogens is 767 g/mol. The lowest BCUT2D eigenvalue weighted by Gasteiger charge is -2.36. The summed E-state index contributed by atoms with van der Waals surface area (Å²) in [7, 11) is -4.47. The molecule has 0 spiro atoms. The highest BCUT2D eigenvalue weighted by molar-refractivity contribution is 7.54. The molecular formula is C37H49N6O13P. The summed E-state index contributed by atoms with van der Waals surface area (Å²) in [6.45, 7) is 6.22. The Balaban J connectivity index is 1.40. The number of carbonyl (C=O) groups is 6. The zero-order chi connectivity index (χ0) is 41.1. The molecule has 1 N–H and O–H groups in total. The van der Waals surface area contributed by atoms with Crippen molar-refractivity contribution in [1.29, 1.82) is 0 Å².